The summed E-state index contributed by atoms with van der Waals surface area (Å²) in [7, 11) is 1.36. The van der Waals surface area contributed by atoms with Crippen molar-refractivity contribution in [3.63, 3.8) is 0 Å². The van der Waals surface area contributed by atoms with Gasteiger partial charge in [0.05, 0.1) is 24.4 Å². The number of fused-ring (bicyclic) bond motifs is 2. The molecule has 44 heavy (non-hydrogen) atoms. The average Bonchev–Trinajstić information content (AvgIpc) is 3.33. The number of ether oxygens (including phenoxy) is 2. The number of nitrogens with zero attached hydrogens (tertiary/aromatic N) is 2. The molecule has 14 heteroatoms. The lowest BCUT2D eigenvalue weighted by Crippen LogP contribution is -2.51. The zero-order valence-corrected chi connectivity index (χ0v) is 24.2. The fraction of sp³-hybridized carbons (Fsp3) is 0.267. The first kappa shape index (κ1) is 31.0. The molecule has 2 amide bonds. The van der Waals surface area contributed by atoms with Gasteiger partial charge in [0.25, 0.3) is 5.91 Å². The Morgan fingerprint density at radius 3 is 2.57 bits per heavy atom. The Hall–Kier alpha value is -4.49. The Bertz CT molecular complexity index is 1840. The SMILES string of the molecule is COc1cc(C(=O)NC[C@](O)(c2cc3c(c(-c4ccc(F)c(Cl)c4)n2)OC[C@]3(C)C(N)=O)C(F)(F)F)cc2cc(C)cnc12. The number of pyridine rings is 2. The number of rotatable bonds is 7. The molecule has 3 heterocycles. The zero-order valence-electron chi connectivity index (χ0n) is 23.5. The van der Waals surface area contributed by atoms with Crippen LogP contribution in [0.4, 0.5) is 17.6 Å². The van der Waals surface area contributed by atoms with Gasteiger partial charge in [-0.05, 0) is 61.9 Å². The Morgan fingerprint density at radius 1 is 1.20 bits per heavy atom. The van der Waals surface area contributed by atoms with Crippen molar-refractivity contribution in [1.29, 1.82) is 0 Å². The molecule has 9 nitrogen and oxygen atoms in total. The van der Waals surface area contributed by atoms with Crippen molar-refractivity contribution in [2.24, 2.45) is 5.73 Å². The van der Waals surface area contributed by atoms with Crippen LogP contribution in [0.1, 0.15) is 34.1 Å². The number of primary amides is 1. The predicted molar refractivity (Wildman–Crippen MR) is 152 cm³/mol. The molecular weight excluding hydrogens is 608 g/mol. The molecule has 0 radical (unpaired) electrons. The minimum atomic E-state index is -5.38. The molecule has 0 spiro atoms. The van der Waals surface area contributed by atoms with Crippen molar-refractivity contribution in [3.05, 3.63) is 81.9 Å². The van der Waals surface area contributed by atoms with E-state index in [0.29, 0.717) is 10.9 Å². The summed E-state index contributed by atoms with van der Waals surface area (Å²) in [5, 5.41) is 13.6. The topological polar surface area (TPSA) is 137 Å². The van der Waals surface area contributed by atoms with Gasteiger partial charge in [-0.1, -0.05) is 11.6 Å². The highest BCUT2D eigenvalue weighted by Crippen LogP contribution is 2.48. The Kier molecular flexibility index (Phi) is 7.67. The number of alkyl halides is 3. The third-order valence-corrected chi connectivity index (χ3v) is 7.86. The van der Waals surface area contributed by atoms with E-state index in [9.17, 15) is 32.3 Å². The largest absolute Gasteiger partial charge is 0.494 e. The number of methoxy groups -OCH3 is 1. The van der Waals surface area contributed by atoms with Gasteiger partial charge in [-0.15, -0.1) is 0 Å². The van der Waals surface area contributed by atoms with E-state index in [1.165, 1.54) is 32.2 Å². The summed E-state index contributed by atoms with van der Waals surface area (Å²) in [6.45, 7) is 1.45. The third-order valence-electron chi connectivity index (χ3n) is 7.57. The first-order valence-corrected chi connectivity index (χ1v) is 13.4. The van der Waals surface area contributed by atoms with Crippen LogP contribution in [0.25, 0.3) is 22.2 Å². The van der Waals surface area contributed by atoms with Gasteiger partial charge in [0.15, 0.2) is 0 Å². The van der Waals surface area contributed by atoms with Gasteiger partial charge in [-0.3, -0.25) is 14.6 Å². The molecule has 0 fully saturated rings. The van der Waals surface area contributed by atoms with Crippen LogP contribution in [0.5, 0.6) is 11.5 Å². The van der Waals surface area contributed by atoms with Crippen molar-refractivity contribution in [1.82, 2.24) is 15.3 Å². The quantitative estimate of drug-likeness (QED) is 0.251. The van der Waals surface area contributed by atoms with Gasteiger partial charge in [0.2, 0.25) is 11.5 Å². The van der Waals surface area contributed by atoms with Crippen molar-refractivity contribution in [3.8, 4) is 22.8 Å². The van der Waals surface area contributed by atoms with Crippen LogP contribution in [0.2, 0.25) is 5.02 Å². The first-order chi connectivity index (χ1) is 20.6. The molecule has 2 aromatic heterocycles. The number of amides is 2. The van der Waals surface area contributed by atoms with Crippen LogP contribution in [0, 0.1) is 12.7 Å². The van der Waals surface area contributed by atoms with Crippen LogP contribution in [-0.4, -0.2) is 53.3 Å². The number of nitrogens with two attached hydrogens (primary N) is 1. The number of carbonyl (C=O) groups is 2. The number of hydrogen-bond acceptors (Lipinski definition) is 7. The molecule has 0 bridgehead atoms. The summed E-state index contributed by atoms with van der Waals surface area (Å²) >= 11 is 5.93. The molecule has 0 aliphatic carbocycles. The van der Waals surface area contributed by atoms with Crippen molar-refractivity contribution >= 4 is 34.3 Å². The first-order valence-electron chi connectivity index (χ1n) is 13.0. The molecule has 4 aromatic rings. The zero-order chi connectivity index (χ0) is 32.2. The molecule has 4 N–H and O–H groups in total. The van der Waals surface area contributed by atoms with Gasteiger partial charge in [-0.2, -0.15) is 13.2 Å². The van der Waals surface area contributed by atoms with Crippen molar-refractivity contribution in [2.75, 3.05) is 20.3 Å². The summed E-state index contributed by atoms with van der Waals surface area (Å²) < 4.78 is 69.0. The number of halogens is 5. The van der Waals surface area contributed by atoms with E-state index in [0.717, 1.165) is 23.8 Å². The molecule has 0 saturated carbocycles. The van der Waals surface area contributed by atoms with Gasteiger partial charge in [-0.25, -0.2) is 9.37 Å². The van der Waals surface area contributed by atoms with Gasteiger partial charge in [0.1, 0.15) is 40.5 Å². The van der Waals surface area contributed by atoms with E-state index in [2.05, 4.69) is 15.3 Å². The number of aromatic nitrogens is 2. The Balaban J connectivity index is 1.61. The second-order valence-electron chi connectivity index (χ2n) is 10.7. The summed E-state index contributed by atoms with van der Waals surface area (Å²) in [6, 6.07) is 8.63. The molecule has 230 valence electrons. The van der Waals surface area contributed by atoms with Crippen LogP contribution >= 0.6 is 11.6 Å². The van der Waals surface area contributed by atoms with Crippen LogP contribution < -0.4 is 20.5 Å². The molecular formula is C30H25ClF4N4O5. The highest BCUT2D eigenvalue weighted by Gasteiger charge is 2.57. The van der Waals surface area contributed by atoms with Gasteiger partial charge < -0.3 is 25.6 Å². The number of hydrogen-bond donors (Lipinski definition) is 3. The normalized spacial score (nSPS) is 17.5. The molecule has 0 unspecified atom stereocenters. The second kappa shape index (κ2) is 10.9. The minimum Gasteiger partial charge on any atom is -0.494 e. The number of aliphatic hydroxyl groups is 1. The van der Waals surface area contributed by atoms with Gasteiger partial charge >= 0.3 is 6.18 Å². The lowest BCUT2D eigenvalue weighted by atomic mass is 9.81. The summed E-state index contributed by atoms with van der Waals surface area (Å²) in [6.07, 6.45) is -3.79. The van der Waals surface area contributed by atoms with E-state index in [1.54, 1.807) is 19.2 Å². The number of benzene rings is 2. The van der Waals surface area contributed by atoms with Crippen LogP contribution in [0.15, 0.2) is 48.7 Å². The van der Waals surface area contributed by atoms with Crippen molar-refractivity contribution in [2.45, 2.75) is 31.0 Å². The third kappa shape index (κ3) is 5.15. The minimum absolute atomic E-state index is 0.0453. The fourth-order valence-electron chi connectivity index (χ4n) is 4.90. The molecule has 0 saturated heterocycles. The standard InChI is InChI=1S/C30H25ClF4N4O5/c1-14-6-16-7-17(9-21(43-3)23(16)37-11-14)26(40)38-12-29(42,30(33,34)35)22-10-18-25(44-13-28(18,2)27(36)41)24(39-22)15-4-5-20(32)19(31)8-15/h4-11,42H,12-13H2,1-3H3,(H2,36,41)(H,38,40)/t28-,29-/m0/s1. The number of aryl methyl sites for hydroxylation is 1. The smallest absolute Gasteiger partial charge is 0.424 e. The van der Waals surface area contributed by atoms with Crippen LogP contribution in [-0.2, 0) is 15.8 Å². The average molecular weight is 633 g/mol. The lowest BCUT2D eigenvalue weighted by molar-refractivity contribution is -0.265. The van der Waals surface area contributed by atoms with E-state index < -0.39 is 47.1 Å². The van der Waals surface area contributed by atoms with E-state index in [1.807, 2.05) is 0 Å². The van der Waals surface area contributed by atoms with Crippen LogP contribution in [0.3, 0.4) is 0 Å². The lowest BCUT2D eigenvalue weighted by Gasteiger charge is -2.31. The number of carbonyl (C=O) groups excluding carboxylic acids is 2. The maximum Gasteiger partial charge on any atom is 0.424 e. The van der Waals surface area contributed by atoms with Gasteiger partial charge in [0, 0.05) is 28.3 Å². The van der Waals surface area contributed by atoms with E-state index in [-0.39, 0.29) is 45.5 Å². The summed E-state index contributed by atoms with van der Waals surface area (Å²) in [5.74, 6) is -2.52. The predicted octanol–water partition coefficient (Wildman–Crippen LogP) is 4.72. The Labute approximate surface area is 253 Å². The van der Waals surface area contributed by atoms with E-state index >= 15 is 0 Å². The fourth-order valence-corrected chi connectivity index (χ4v) is 5.08. The molecule has 2 aromatic carbocycles. The highest BCUT2D eigenvalue weighted by atomic mass is 35.5. The monoisotopic (exact) mass is 632 g/mol. The molecule has 1 aliphatic rings. The van der Waals surface area contributed by atoms with E-state index in [4.69, 9.17) is 26.8 Å². The molecule has 5 rings (SSSR count). The molecule has 2 atom stereocenters. The highest BCUT2D eigenvalue weighted by molar-refractivity contribution is 6.31. The molecule has 1 aliphatic heterocycles. The maximum absolute atomic E-state index is 14.7. The maximum atomic E-state index is 14.7. The summed E-state index contributed by atoms with van der Waals surface area (Å²) in [5.41, 5.74) is 0.138. The number of nitrogens with one attached hydrogen (secondary N) is 1. The van der Waals surface area contributed by atoms with Crippen molar-refractivity contribution < 1.29 is 41.7 Å². The summed E-state index contributed by atoms with van der Waals surface area (Å²) in [4.78, 5) is 33.9. The Morgan fingerprint density at radius 2 is 1.93 bits per heavy atom. The second-order valence-corrected chi connectivity index (χ2v) is 11.1.